The Kier molecular flexibility index (Phi) is 8.63. The van der Waals surface area contributed by atoms with E-state index in [1.165, 1.54) is 0 Å². The minimum atomic E-state index is -0.510. The fraction of sp³-hybridized carbons (Fsp3) is 0.308. The minimum Gasteiger partial charge on any atom is -0.466 e. The second-order valence-electron chi connectivity index (χ2n) is 8.53. The normalized spacial score (nSPS) is 16.5. The summed E-state index contributed by atoms with van der Waals surface area (Å²) in [7, 11) is 0. The van der Waals surface area contributed by atoms with Crippen LogP contribution in [0.5, 0.6) is 23.0 Å². The van der Waals surface area contributed by atoms with Gasteiger partial charge in [0.05, 0.1) is 29.7 Å². The summed E-state index contributed by atoms with van der Waals surface area (Å²) in [5.41, 5.74) is 2.10. The molecule has 0 aliphatic carbocycles. The first-order chi connectivity index (χ1) is 18.5. The first kappa shape index (κ1) is 28.9. The van der Waals surface area contributed by atoms with E-state index < -0.39 is 5.92 Å². The molecule has 2 aromatic carbocycles. The predicted octanol–water partition coefficient (Wildman–Crippen LogP) is 3.19. The van der Waals surface area contributed by atoms with Crippen molar-refractivity contribution in [2.75, 3.05) is 20.2 Å². The molecule has 0 radical (unpaired) electrons. The Morgan fingerprint density at radius 1 is 0.950 bits per heavy atom. The first-order valence-corrected chi connectivity index (χ1v) is 11.9. The average molecular weight is 722 g/mol. The summed E-state index contributed by atoms with van der Waals surface area (Å²) in [5.74, 6) is 0.896. The second kappa shape index (κ2) is 11.9. The van der Waals surface area contributed by atoms with E-state index in [9.17, 15) is 14.4 Å². The summed E-state index contributed by atoms with van der Waals surface area (Å²) in [6.07, 6.45) is 0.759. The van der Waals surface area contributed by atoms with Crippen molar-refractivity contribution >= 4 is 39.7 Å². The molecule has 2 amide bonds. The van der Waals surface area contributed by atoms with Gasteiger partial charge in [0.2, 0.25) is 25.4 Å². The van der Waals surface area contributed by atoms with Gasteiger partial charge in [-0.2, -0.15) is 0 Å². The Morgan fingerprint density at radius 2 is 1.57 bits per heavy atom. The van der Waals surface area contributed by atoms with Crippen LogP contribution in [0.25, 0.3) is 21.9 Å². The Balaban J connectivity index is 0.000000177. The fourth-order valence-corrected chi connectivity index (χ4v) is 4.53. The maximum absolute atomic E-state index is 12.0. The molecule has 1 saturated heterocycles. The van der Waals surface area contributed by atoms with Gasteiger partial charge in [-0.05, 0) is 37.6 Å². The Labute approximate surface area is 241 Å². The van der Waals surface area contributed by atoms with E-state index in [-0.39, 0.29) is 72.7 Å². The molecule has 0 saturated carbocycles. The summed E-state index contributed by atoms with van der Waals surface area (Å²) in [5, 5.41) is 11.5. The quantitative estimate of drug-likeness (QED) is 0.187. The van der Waals surface area contributed by atoms with Crippen LogP contribution in [0.1, 0.15) is 37.1 Å². The third-order valence-electron chi connectivity index (χ3n) is 6.23. The number of carbonyl (C=O) groups excluding carboxylic acids is 3. The van der Waals surface area contributed by atoms with Gasteiger partial charge in [0.25, 0.3) is 0 Å². The second-order valence-corrected chi connectivity index (χ2v) is 8.53. The monoisotopic (exact) mass is 722 g/mol. The minimum absolute atomic E-state index is 0. The van der Waals surface area contributed by atoms with E-state index in [1.54, 1.807) is 31.2 Å². The van der Waals surface area contributed by atoms with Crippen molar-refractivity contribution in [1.29, 1.82) is 0 Å². The molecule has 0 bridgehead atoms. The van der Waals surface area contributed by atoms with Gasteiger partial charge in [-0.1, -0.05) is 10.3 Å². The van der Waals surface area contributed by atoms with Gasteiger partial charge in [-0.3, -0.25) is 19.7 Å². The number of esters is 1. The predicted molar refractivity (Wildman–Crippen MR) is 132 cm³/mol. The zero-order valence-corrected chi connectivity index (χ0v) is 24.4. The topological polar surface area (TPSA) is 161 Å². The summed E-state index contributed by atoms with van der Waals surface area (Å²) >= 11 is 0. The molecule has 5 heterocycles. The van der Waals surface area contributed by atoms with Gasteiger partial charge in [0, 0.05) is 27.5 Å². The number of carbonyl (C=O) groups is 3. The maximum Gasteiger partial charge on any atom is 0.312 e. The Hall–Kier alpha value is -4.12. The smallest absolute Gasteiger partial charge is 0.312 e. The number of nitrogens with zero attached hydrogens (tertiary/aromatic N) is 2. The SMILES string of the molecule is CCOC(=O)Cc1noc2ccc3c(c12)OCO3.O=C1CCC(c2noc3ccc4c(c23)OCO4)C(=O)N1.[CH3-].[W]. The van der Waals surface area contributed by atoms with Crippen LogP contribution >= 0.6 is 0 Å². The van der Waals surface area contributed by atoms with Crippen LogP contribution in [-0.2, 0) is 46.6 Å². The molecule has 14 heteroatoms. The van der Waals surface area contributed by atoms with Gasteiger partial charge in [0.15, 0.2) is 34.2 Å². The molecule has 0 spiro atoms. The van der Waals surface area contributed by atoms with Crippen molar-refractivity contribution in [3.63, 3.8) is 0 Å². The van der Waals surface area contributed by atoms with Crippen LogP contribution in [0.4, 0.5) is 0 Å². The number of rotatable bonds is 4. The van der Waals surface area contributed by atoms with Crippen LogP contribution in [-0.4, -0.2) is 48.3 Å². The van der Waals surface area contributed by atoms with Crippen molar-refractivity contribution in [3.8, 4) is 23.0 Å². The van der Waals surface area contributed by atoms with Crippen molar-refractivity contribution in [2.24, 2.45) is 0 Å². The zero-order valence-electron chi connectivity index (χ0n) is 21.5. The first-order valence-electron chi connectivity index (χ1n) is 11.9. The van der Waals surface area contributed by atoms with Crippen molar-refractivity contribution in [3.05, 3.63) is 43.1 Å². The van der Waals surface area contributed by atoms with Crippen molar-refractivity contribution in [1.82, 2.24) is 15.6 Å². The van der Waals surface area contributed by atoms with E-state index in [4.69, 9.17) is 32.7 Å². The fourth-order valence-electron chi connectivity index (χ4n) is 4.53. The molecule has 40 heavy (non-hydrogen) atoms. The van der Waals surface area contributed by atoms with E-state index in [1.807, 2.05) is 0 Å². The Morgan fingerprint density at radius 3 is 2.23 bits per heavy atom. The molecule has 3 aliphatic rings. The number of benzene rings is 2. The molecule has 3 aliphatic heterocycles. The number of fused-ring (bicyclic) bond motifs is 6. The summed E-state index contributed by atoms with van der Waals surface area (Å²) in [6.45, 7) is 2.40. The summed E-state index contributed by atoms with van der Waals surface area (Å²) < 4.78 is 36.7. The molecule has 13 nitrogen and oxygen atoms in total. The van der Waals surface area contributed by atoms with E-state index >= 15 is 0 Å². The standard InChI is InChI=1S/C13H10N2O5.C12H11NO5.CH3.W/c16-9-4-1-6(13(17)14-9)11-10-7(20-15-11)2-3-8-12(10)19-5-18-8;1-2-15-10(14)5-7-11-8(18-13-7)3-4-9-12(11)17-6-16-9;;/h2-3,6H,1,4-5H2,(H,14,16,17);3-4H,2,5-6H2,1H3;1H3;/q;;-1;. The van der Waals surface area contributed by atoms with Crippen molar-refractivity contribution in [2.45, 2.75) is 32.1 Å². The van der Waals surface area contributed by atoms with E-state index in [0.717, 1.165) is 0 Å². The molecule has 1 fully saturated rings. The zero-order chi connectivity index (χ0) is 26.2. The van der Waals surface area contributed by atoms with Gasteiger partial charge in [0.1, 0.15) is 11.4 Å². The number of amides is 2. The molecular formula is C26H24N3O10W-. The molecule has 4 aromatic rings. The number of aromatic nitrogens is 2. The number of piperidine rings is 1. The third kappa shape index (κ3) is 5.21. The van der Waals surface area contributed by atoms with Crippen LogP contribution < -0.4 is 24.3 Å². The number of imide groups is 1. The van der Waals surface area contributed by atoms with E-state index in [2.05, 4.69) is 15.6 Å². The summed E-state index contributed by atoms with van der Waals surface area (Å²) in [4.78, 5) is 34.7. The number of nitrogens with one attached hydrogen (secondary N) is 1. The average Bonchev–Trinajstić information content (AvgIpc) is 3.69. The van der Waals surface area contributed by atoms with Crippen LogP contribution in [0.2, 0.25) is 0 Å². The number of hydrogen-bond acceptors (Lipinski definition) is 12. The summed E-state index contributed by atoms with van der Waals surface area (Å²) in [6, 6.07) is 6.96. The van der Waals surface area contributed by atoms with Crippen LogP contribution in [0, 0.1) is 7.43 Å². The van der Waals surface area contributed by atoms with Crippen molar-refractivity contribution < 1.29 is 68.2 Å². The molecule has 210 valence electrons. The number of hydrogen-bond donors (Lipinski definition) is 1. The molecule has 1 N–H and O–H groups in total. The van der Waals surface area contributed by atoms with Crippen LogP contribution in [0.3, 0.4) is 0 Å². The number of ether oxygens (including phenoxy) is 5. The molecule has 7 rings (SSSR count). The van der Waals surface area contributed by atoms with Gasteiger partial charge in [-0.15, -0.1) is 0 Å². The molecular weight excluding hydrogens is 698 g/mol. The van der Waals surface area contributed by atoms with E-state index in [0.29, 0.717) is 69.4 Å². The van der Waals surface area contributed by atoms with Crippen LogP contribution in [0.15, 0.2) is 33.3 Å². The largest absolute Gasteiger partial charge is 0.466 e. The maximum atomic E-state index is 12.0. The third-order valence-corrected chi connectivity index (χ3v) is 6.23. The van der Waals surface area contributed by atoms with Gasteiger partial charge in [-0.25, -0.2) is 0 Å². The van der Waals surface area contributed by atoms with Gasteiger partial charge < -0.3 is 40.2 Å². The molecule has 1 atom stereocenters. The molecule has 2 aromatic heterocycles. The Bertz CT molecular complexity index is 1580. The molecule has 1 unspecified atom stereocenters. The van der Waals surface area contributed by atoms with Gasteiger partial charge >= 0.3 is 5.97 Å².